The van der Waals surface area contributed by atoms with Gasteiger partial charge in [-0.05, 0) is 42.0 Å². The van der Waals surface area contributed by atoms with E-state index in [9.17, 15) is 26.4 Å². The van der Waals surface area contributed by atoms with Crippen LogP contribution in [0, 0.1) is 0 Å². The lowest BCUT2D eigenvalue weighted by Gasteiger charge is -2.34. The summed E-state index contributed by atoms with van der Waals surface area (Å²) in [5, 5.41) is 2.67. The van der Waals surface area contributed by atoms with Crippen LogP contribution in [0.2, 0.25) is 0 Å². The van der Waals surface area contributed by atoms with Gasteiger partial charge in [-0.25, -0.2) is 8.42 Å². The van der Waals surface area contributed by atoms with E-state index in [4.69, 9.17) is 0 Å². The molecule has 31 heavy (non-hydrogen) atoms. The molecule has 1 amide bonds. The number of rotatable bonds is 6. The quantitative estimate of drug-likeness (QED) is 0.723. The van der Waals surface area contributed by atoms with Crippen molar-refractivity contribution in [1.29, 1.82) is 0 Å². The number of nitrogens with one attached hydrogen (secondary N) is 1. The highest BCUT2D eigenvalue weighted by Gasteiger charge is 2.31. The number of hydrogen-bond donors (Lipinski definition) is 1. The Balaban J connectivity index is 1.57. The fraction of sp³-hybridized carbons (Fsp3) is 0.381. The summed E-state index contributed by atoms with van der Waals surface area (Å²) in [6.07, 6.45) is -4.03. The minimum Gasteiger partial charge on any atom is -0.326 e. The van der Waals surface area contributed by atoms with Crippen molar-refractivity contribution in [3.63, 3.8) is 0 Å². The van der Waals surface area contributed by atoms with Gasteiger partial charge in [-0.15, -0.1) is 0 Å². The van der Waals surface area contributed by atoms with E-state index in [1.807, 2.05) is 4.90 Å². The Hall–Kier alpha value is -2.43. The van der Waals surface area contributed by atoms with Crippen molar-refractivity contribution >= 4 is 21.6 Å². The van der Waals surface area contributed by atoms with Crippen molar-refractivity contribution < 1.29 is 26.4 Å². The van der Waals surface area contributed by atoms with Crippen LogP contribution in [0.1, 0.15) is 24.5 Å². The number of anilines is 1. The summed E-state index contributed by atoms with van der Waals surface area (Å²) in [6.45, 7) is 3.72. The van der Waals surface area contributed by atoms with E-state index in [2.05, 4.69) is 5.32 Å². The monoisotopic (exact) mass is 455 g/mol. The average Bonchev–Trinajstić information content (AvgIpc) is 2.74. The third-order valence-electron chi connectivity index (χ3n) is 5.12. The van der Waals surface area contributed by atoms with Crippen LogP contribution in [-0.4, -0.2) is 49.7 Å². The molecule has 1 saturated heterocycles. The first kappa shape index (κ1) is 23.2. The first-order valence-corrected chi connectivity index (χ1v) is 11.3. The van der Waals surface area contributed by atoms with Gasteiger partial charge in [0.15, 0.2) is 0 Å². The number of carbonyl (C=O) groups is 1. The zero-order valence-electron chi connectivity index (χ0n) is 17.0. The maximum absolute atomic E-state index is 12.9. The Kier molecular flexibility index (Phi) is 7.03. The van der Waals surface area contributed by atoms with Crippen molar-refractivity contribution in [1.82, 2.24) is 9.21 Å². The Morgan fingerprint density at radius 3 is 2.06 bits per heavy atom. The molecule has 0 saturated carbocycles. The topological polar surface area (TPSA) is 69.7 Å². The number of hydrogen-bond acceptors (Lipinski definition) is 4. The maximum atomic E-state index is 12.9. The van der Waals surface area contributed by atoms with E-state index in [1.165, 1.54) is 28.6 Å². The molecule has 2 aromatic carbocycles. The van der Waals surface area contributed by atoms with Crippen molar-refractivity contribution in [2.75, 3.05) is 31.5 Å². The zero-order chi connectivity index (χ0) is 22.6. The van der Waals surface area contributed by atoms with Crippen LogP contribution in [0.5, 0.6) is 0 Å². The van der Waals surface area contributed by atoms with Gasteiger partial charge in [0, 0.05) is 44.8 Å². The van der Waals surface area contributed by atoms with E-state index in [-0.39, 0.29) is 23.9 Å². The number of nitrogens with zero attached hydrogens (tertiary/aromatic N) is 2. The smallest absolute Gasteiger partial charge is 0.326 e. The van der Waals surface area contributed by atoms with Crippen LogP contribution in [-0.2, 0) is 27.5 Å². The predicted octanol–water partition coefficient (Wildman–Crippen LogP) is 3.56. The van der Waals surface area contributed by atoms with Gasteiger partial charge in [-0.3, -0.25) is 9.69 Å². The van der Waals surface area contributed by atoms with E-state index >= 15 is 0 Å². The van der Waals surface area contributed by atoms with Gasteiger partial charge < -0.3 is 5.32 Å². The van der Waals surface area contributed by atoms with Crippen LogP contribution >= 0.6 is 0 Å². The lowest BCUT2D eigenvalue weighted by molar-refractivity contribution is -0.137. The fourth-order valence-electron chi connectivity index (χ4n) is 3.29. The van der Waals surface area contributed by atoms with Crippen LogP contribution in [0.4, 0.5) is 18.9 Å². The average molecular weight is 456 g/mol. The Morgan fingerprint density at radius 2 is 1.55 bits per heavy atom. The molecule has 0 atom stereocenters. The van der Waals surface area contributed by atoms with Gasteiger partial charge >= 0.3 is 6.18 Å². The molecule has 1 heterocycles. The highest BCUT2D eigenvalue weighted by atomic mass is 32.2. The van der Waals surface area contributed by atoms with Crippen molar-refractivity contribution in [2.24, 2.45) is 0 Å². The Labute approximate surface area is 179 Å². The lowest BCUT2D eigenvalue weighted by Crippen LogP contribution is -2.48. The zero-order valence-corrected chi connectivity index (χ0v) is 17.8. The number of alkyl halides is 3. The first-order valence-electron chi connectivity index (χ1n) is 9.88. The third kappa shape index (κ3) is 5.84. The molecule has 10 heteroatoms. The maximum Gasteiger partial charge on any atom is 0.416 e. The molecule has 0 unspecified atom stereocenters. The summed E-state index contributed by atoms with van der Waals surface area (Å²) in [5.74, 6) is -0.153. The number of piperazine rings is 1. The molecular formula is C21H24F3N3O3S. The van der Waals surface area contributed by atoms with Crippen molar-refractivity contribution in [3.05, 3.63) is 59.7 Å². The van der Waals surface area contributed by atoms with Gasteiger partial charge in [-0.1, -0.05) is 19.1 Å². The summed E-state index contributed by atoms with van der Waals surface area (Å²) in [7, 11) is -3.66. The molecule has 0 bridgehead atoms. The number of halogens is 3. The molecule has 168 valence electrons. The predicted molar refractivity (Wildman–Crippen MR) is 111 cm³/mol. The number of carbonyl (C=O) groups excluding carboxylic acids is 1. The highest BCUT2D eigenvalue weighted by Crippen LogP contribution is 2.29. The van der Waals surface area contributed by atoms with Gasteiger partial charge in [0.05, 0.1) is 10.5 Å². The summed E-state index contributed by atoms with van der Waals surface area (Å²) >= 11 is 0. The van der Waals surface area contributed by atoms with Gasteiger partial charge in [0.25, 0.3) is 0 Å². The third-order valence-corrected chi connectivity index (χ3v) is 7.03. The normalized spacial score (nSPS) is 16.3. The molecule has 1 aliphatic rings. The van der Waals surface area contributed by atoms with Crippen LogP contribution in [0.15, 0.2) is 53.4 Å². The van der Waals surface area contributed by atoms with E-state index in [1.54, 1.807) is 19.1 Å². The SMILES string of the molecule is CCC(=O)Nc1ccc(S(=O)(=O)N2CCN(Cc3ccc(C(F)(F)F)cc3)CC2)cc1. The van der Waals surface area contributed by atoms with Gasteiger partial charge in [0.2, 0.25) is 15.9 Å². The van der Waals surface area contributed by atoms with Crippen molar-refractivity contribution in [3.8, 4) is 0 Å². The molecule has 3 rings (SSSR count). The minimum atomic E-state index is -4.36. The lowest BCUT2D eigenvalue weighted by atomic mass is 10.1. The number of sulfonamides is 1. The van der Waals surface area contributed by atoms with E-state index < -0.39 is 21.8 Å². The van der Waals surface area contributed by atoms with Crippen LogP contribution in [0.3, 0.4) is 0 Å². The van der Waals surface area contributed by atoms with Gasteiger partial charge in [-0.2, -0.15) is 17.5 Å². The van der Waals surface area contributed by atoms with E-state index in [0.29, 0.717) is 31.7 Å². The molecule has 0 spiro atoms. The van der Waals surface area contributed by atoms with Crippen LogP contribution in [0.25, 0.3) is 0 Å². The second-order valence-electron chi connectivity index (χ2n) is 7.30. The van der Waals surface area contributed by atoms with Crippen molar-refractivity contribution in [2.45, 2.75) is 31.0 Å². The first-order chi connectivity index (χ1) is 14.6. The Morgan fingerprint density at radius 1 is 0.968 bits per heavy atom. The molecule has 0 aromatic heterocycles. The molecule has 1 N–H and O–H groups in total. The second-order valence-corrected chi connectivity index (χ2v) is 9.24. The summed E-state index contributed by atoms with van der Waals surface area (Å²) < 4.78 is 65.2. The summed E-state index contributed by atoms with van der Waals surface area (Å²) in [4.78, 5) is 13.6. The summed E-state index contributed by atoms with van der Waals surface area (Å²) in [6, 6.07) is 11.1. The molecule has 2 aromatic rings. The molecular weight excluding hydrogens is 431 g/mol. The standard InChI is InChI=1S/C21H24F3N3O3S/c1-2-20(28)25-18-7-9-19(10-8-18)31(29,30)27-13-11-26(12-14-27)15-16-3-5-17(6-4-16)21(22,23)24/h3-10H,2,11-15H2,1H3,(H,25,28). The largest absolute Gasteiger partial charge is 0.416 e. The highest BCUT2D eigenvalue weighted by molar-refractivity contribution is 7.89. The molecule has 0 radical (unpaired) electrons. The number of amides is 1. The molecule has 6 nitrogen and oxygen atoms in total. The summed E-state index contributed by atoms with van der Waals surface area (Å²) in [5.41, 5.74) is 0.591. The molecule has 1 fully saturated rings. The van der Waals surface area contributed by atoms with E-state index in [0.717, 1.165) is 17.7 Å². The molecule has 0 aliphatic carbocycles. The minimum absolute atomic E-state index is 0.151. The second kappa shape index (κ2) is 9.37. The fourth-order valence-corrected chi connectivity index (χ4v) is 4.72. The van der Waals surface area contributed by atoms with Gasteiger partial charge in [0.1, 0.15) is 0 Å². The number of benzene rings is 2. The Bertz CT molecular complexity index is 999. The molecule has 1 aliphatic heterocycles. The van der Waals surface area contributed by atoms with Crippen LogP contribution < -0.4 is 5.32 Å².